The van der Waals surface area contributed by atoms with E-state index in [1.54, 1.807) is 24.3 Å². The number of urea groups is 1. The number of hydrogen-bond donors (Lipinski definition) is 5. The lowest BCUT2D eigenvalue weighted by Crippen LogP contribution is -2.60. The van der Waals surface area contributed by atoms with Gasteiger partial charge >= 0.3 is 12.1 Å². The highest BCUT2D eigenvalue weighted by molar-refractivity contribution is 5.98. The summed E-state index contributed by atoms with van der Waals surface area (Å²) in [5, 5.41) is 11.9. The molecule has 0 spiro atoms. The zero-order chi connectivity index (χ0) is 37.4. The highest BCUT2D eigenvalue weighted by atomic mass is 16.5. The van der Waals surface area contributed by atoms with E-state index in [-0.39, 0.29) is 36.0 Å². The number of fused-ring (bicyclic) bond motifs is 1. The van der Waals surface area contributed by atoms with Gasteiger partial charge in [0.25, 0.3) is 0 Å². The average Bonchev–Trinajstić information content (AvgIpc) is 3.66. The maximum atomic E-state index is 14.3. The van der Waals surface area contributed by atoms with Crippen LogP contribution in [0.1, 0.15) is 93.9 Å². The number of nitrogens with one attached hydrogen (secondary N) is 4. The third-order valence-electron chi connectivity index (χ3n) is 9.72. The first-order valence-corrected chi connectivity index (χ1v) is 18.2. The highest BCUT2D eigenvalue weighted by Crippen LogP contribution is 2.51. The number of para-hydroxylation sites is 1. The van der Waals surface area contributed by atoms with Crippen molar-refractivity contribution < 1.29 is 23.9 Å². The Bertz CT molecular complexity index is 1360. The van der Waals surface area contributed by atoms with Crippen LogP contribution < -0.4 is 27.0 Å². The number of ether oxygens (including phenoxy) is 1. The fourth-order valence-electron chi connectivity index (χ4n) is 6.45. The van der Waals surface area contributed by atoms with Crippen LogP contribution in [0.3, 0.4) is 0 Å². The average molecular weight is 695 g/mol. The molecule has 50 heavy (non-hydrogen) atoms. The predicted octanol–water partition coefficient (Wildman–Crippen LogP) is 6.33. The van der Waals surface area contributed by atoms with Gasteiger partial charge in [-0.2, -0.15) is 0 Å². The van der Waals surface area contributed by atoms with Crippen molar-refractivity contribution in [2.75, 3.05) is 18.5 Å². The molecular formula is C39H62N6O5. The van der Waals surface area contributed by atoms with Crippen LogP contribution in [0.25, 0.3) is 0 Å². The van der Waals surface area contributed by atoms with Gasteiger partial charge in [-0.25, -0.2) is 9.59 Å². The quantitative estimate of drug-likeness (QED) is 0.151. The number of nitrogens with zero attached hydrogens (tertiary/aromatic N) is 1. The maximum absolute atomic E-state index is 14.3. The summed E-state index contributed by atoms with van der Waals surface area (Å²) in [7, 11) is 0. The Morgan fingerprint density at radius 3 is 2.10 bits per heavy atom. The molecule has 0 radical (unpaired) electrons. The second-order valence-corrected chi connectivity index (χ2v) is 16.4. The Kier molecular flexibility index (Phi) is 14.0. The molecule has 278 valence electrons. The lowest BCUT2D eigenvalue weighted by molar-refractivity contribution is -0.136. The van der Waals surface area contributed by atoms with Crippen LogP contribution in [0.15, 0.2) is 54.9 Å². The summed E-state index contributed by atoms with van der Waals surface area (Å²) >= 11 is 0. The molecule has 1 heterocycles. The zero-order valence-electron chi connectivity index (χ0n) is 31.6. The zero-order valence-corrected chi connectivity index (χ0v) is 31.6. The Morgan fingerprint density at radius 2 is 1.58 bits per heavy atom. The third-order valence-corrected chi connectivity index (χ3v) is 9.72. The molecule has 11 nitrogen and oxygen atoms in total. The number of likely N-dealkylation sites (tertiary alicyclic amines) is 1. The molecule has 6 atom stereocenters. The third kappa shape index (κ3) is 11.3. The van der Waals surface area contributed by atoms with Crippen molar-refractivity contribution in [1.29, 1.82) is 0 Å². The van der Waals surface area contributed by atoms with Gasteiger partial charge in [0.05, 0.1) is 23.8 Å². The van der Waals surface area contributed by atoms with E-state index in [9.17, 15) is 19.2 Å². The van der Waals surface area contributed by atoms with E-state index in [2.05, 4.69) is 48.3 Å². The Labute approximate surface area is 299 Å². The van der Waals surface area contributed by atoms with Crippen LogP contribution >= 0.6 is 0 Å². The van der Waals surface area contributed by atoms with Gasteiger partial charge in [-0.15, -0.1) is 0 Å². The number of benzene rings is 1. The van der Waals surface area contributed by atoms with Crippen LogP contribution in [0.5, 0.6) is 0 Å². The van der Waals surface area contributed by atoms with Gasteiger partial charge in [-0.3, -0.25) is 14.9 Å². The summed E-state index contributed by atoms with van der Waals surface area (Å²) in [6.07, 6.45) is 5.58. The Hall–Kier alpha value is -4.02. The molecule has 1 aromatic carbocycles. The fraction of sp³-hybridized carbons (Fsp3) is 0.641. The molecule has 2 saturated carbocycles. The number of carbonyl (C=O) groups excluding carboxylic acids is 4. The first-order chi connectivity index (χ1) is 23.4. The standard InChI is InChI=1S/C36H54N6O5.C3H8/c1-21(37)30(43)27(17-23-13-12-14-23)38-22(2)29-26-18-24(26)19-42(29)32(44)31(36(6,7)8)41-33(45)40-28(35(3,4)5)20-47-34(46)39-25-15-10-9-11-16-25;1-3-2/h9-11,15-16,23-24,26-29,31,38H,1-2,12-14,17-20,37H2,3-8H3,(H,39,46)(H2,40,41,45);3H2,1-2H3/t24-,26-,27?,28?,29?,31?;/m0./s1. The summed E-state index contributed by atoms with van der Waals surface area (Å²) in [4.78, 5) is 55.0. The van der Waals surface area contributed by atoms with Crippen molar-refractivity contribution >= 4 is 29.5 Å². The maximum Gasteiger partial charge on any atom is 0.411 e. The number of hydrogen-bond acceptors (Lipinski definition) is 7. The van der Waals surface area contributed by atoms with Gasteiger partial charge in [0.15, 0.2) is 5.78 Å². The molecule has 3 fully saturated rings. The van der Waals surface area contributed by atoms with E-state index in [0.29, 0.717) is 36.2 Å². The van der Waals surface area contributed by atoms with E-state index >= 15 is 0 Å². The summed E-state index contributed by atoms with van der Waals surface area (Å²) in [5.74, 6) is 0.614. The molecule has 2 aliphatic carbocycles. The SMILES string of the molecule is C=C(N)C(=O)C(CC1CCC1)NC(=C)C1[C@H]2C[C@H]2CN1C(=O)C(NC(=O)NC(COC(=O)Nc1ccccc1)C(C)(C)C)C(C)(C)C.CCC. The van der Waals surface area contributed by atoms with Gasteiger partial charge in [0.1, 0.15) is 12.6 Å². The lowest BCUT2D eigenvalue weighted by Gasteiger charge is -2.39. The molecule has 6 N–H and O–H groups in total. The molecule has 3 aliphatic rings. The van der Waals surface area contributed by atoms with Crippen LogP contribution in [0, 0.1) is 28.6 Å². The number of anilines is 1. The lowest BCUT2D eigenvalue weighted by atomic mass is 9.80. The molecule has 1 aromatic rings. The number of piperidine rings is 1. The minimum atomic E-state index is -0.852. The Morgan fingerprint density at radius 1 is 0.960 bits per heavy atom. The van der Waals surface area contributed by atoms with Gasteiger partial charge in [-0.1, -0.05) is 112 Å². The molecule has 1 saturated heterocycles. The second kappa shape index (κ2) is 17.3. The number of Topliss-reactive ketones (excluding diaryl/α,β-unsaturated/α-hetero) is 1. The largest absolute Gasteiger partial charge is 0.447 e. The molecule has 4 amide bonds. The van der Waals surface area contributed by atoms with Crippen molar-refractivity contribution in [2.24, 2.45) is 34.3 Å². The smallest absolute Gasteiger partial charge is 0.411 e. The van der Waals surface area contributed by atoms with Crippen molar-refractivity contribution in [3.63, 3.8) is 0 Å². The van der Waals surface area contributed by atoms with Crippen molar-refractivity contribution in [3.8, 4) is 0 Å². The number of amides is 4. The van der Waals surface area contributed by atoms with E-state index < -0.39 is 41.1 Å². The van der Waals surface area contributed by atoms with Crippen LogP contribution in [-0.2, 0) is 14.3 Å². The Balaban J connectivity index is 0.00000217. The van der Waals surface area contributed by atoms with Gasteiger partial charge in [-0.05, 0) is 53.6 Å². The molecular weight excluding hydrogens is 632 g/mol. The number of rotatable bonds is 13. The number of ketones is 1. The molecule has 0 aromatic heterocycles. The van der Waals surface area contributed by atoms with Crippen molar-refractivity contribution in [2.45, 2.75) is 118 Å². The second-order valence-electron chi connectivity index (χ2n) is 16.4. The minimum absolute atomic E-state index is 0.0112. The first-order valence-electron chi connectivity index (χ1n) is 18.2. The number of nitrogens with two attached hydrogens (primary N) is 1. The molecule has 1 aliphatic heterocycles. The normalized spacial score (nSPS) is 21.4. The van der Waals surface area contributed by atoms with Crippen LogP contribution in [-0.4, -0.2) is 66.0 Å². The van der Waals surface area contributed by atoms with Crippen molar-refractivity contribution in [3.05, 3.63) is 54.9 Å². The summed E-state index contributed by atoms with van der Waals surface area (Å²) in [6, 6.07) is 6.20. The number of carbonyl (C=O) groups is 4. The fourth-order valence-corrected chi connectivity index (χ4v) is 6.45. The first kappa shape index (κ1) is 40.4. The monoisotopic (exact) mass is 694 g/mol. The van der Waals surface area contributed by atoms with Gasteiger partial charge in [0, 0.05) is 17.9 Å². The summed E-state index contributed by atoms with van der Waals surface area (Å²) in [6.45, 7) is 24.3. The minimum Gasteiger partial charge on any atom is -0.447 e. The van der Waals surface area contributed by atoms with E-state index in [4.69, 9.17) is 10.5 Å². The van der Waals surface area contributed by atoms with Crippen LogP contribution in [0.4, 0.5) is 15.3 Å². The summed E-state index contributed by atoms with van der Waals surface area (Å²) in [5.41, 5.74) is 5.97. The summed E-state index contributed by atoms with van der Waals surface area (Å²) < 4.78 is 5.47. The molecule has 11 heteroatoms. The van der Waals surface area contributed by atoms with E-state index in [0.717, 1.165) is 25.7 Å². The highest BCUT2D eigenvalue weighted by Gasteiger charge is 2.56. The predicted molar refractivity (Wildman–Crippen MR) is 199 cm³/mol. The molecule has 4 unspecified atom stereocenters. The van der Waals surface area contributed by atoms with Crippen molar-refractivity contribution in [1.82, 2.24) is 20.9 Å². The van der Waals surface area contributed by atoms with Gasteiger partial charge in [0.2, 0.25) is 5.91 Å². The van der Waals surface area contributed by atoms with E-state index in [1.807, 2.05) is 52.5 Å². The van der Waals surface area contributed by atoms with Gasteiger partial charge < -0.3 is 31.3 Å². The topological polar surface area (TPSA) is 155 Å². The van der Waals surface area contributed by atoms with E-state index in [1.165, 1.54) is 6.42 Å². The molecule has 4 rings (SSSR count). The molecule has 0 bridgehead atoms. The van der Waals surface area contributed by atoms with Crippen LogP contribution in [0.2, 0.25) is 0 Å².